The number of hydrogen-bond acceptors (Lipinski definition) is 5. The summed E-state index contributed by atoms with van der Waals surface area (Å²) in [5.41, 5.74) is 2.90. The molecule has 3 heterocycles. The summed E-state index contributed by atoms with van der Waals surface area (Å²) in [6, 6.07) is 7.57. The Bertz CT molecular complexity index is 1170. The minimum atomic E-state index is -0.299. The van der Waals surface area contributed by atoms with Crippen molar-refractivity contribution >= 4 is 22.8 Å². The predicted molar refractivity (Wildman–Crippen MR) is 119 cm³/mol. The van der Waals surface area contributed by atoms with Gasteiger partial charge < -0.3 is 19.3 Å². The van der Waals surface area contributed by atoms with Gasteiger partial charge in [0.1, 0.15) is 0 Å². The number of amides is 2. The van der Waals surface area contributed by atoms with Crippen molar-refractivity contribution in [3.8, 4) is 0 Å². The molecular formula is C24H29N5O3. The standard InChI is InChI=1S/C24H29N5O3/c1-23(2)11-17-12-24(3,13-23)14-29(17)22(31)16-4-5-19-18(10-16)26-15-28(19)9-8-25-21(30)20-6-7-27-32-20/h4-7,10,15,17H,8-9,11-14H2,1-3H3,(H,25,30). The van der Waals surface area contributed by atoms with Crippen molar-refractivity contribution in [3.63, 3.8) is 0 Å². The largest absolute Gasteiger partial charge is 0.351 e. The number of fused-ring (bicyclic) bond motifs is 3. The molecular weight excluding hydrogens is 406 g/mol. The van der Waals surface area contributed by atoms with Gasteiger partial charge in [-0.05, 0) is 48.3 Å². The van der Waals surface area contributed by atoms with E-state index in [4.69, 9.17) is 4.52 Å². The maximum Gasteiger partial charge on any atom is 0.289 e. The summed E-state index contributed by atoms with van der Waals surface area (Å²) in [5, 5.41) is 6.34. The number of carbonyl (C=O) groups excluding carboxylic acids is 2. The molecule has 3 aromatic rings. The van der Waals surface area contributed by atoms with Crippen LogP contribution in [0.4, 0.5) is 0 Å². The molecule has 2 unspecified atom stereocenters. The van der Waals surface area contributed by atoms with Gasteiger partial charge in [-0.3, -0.25) is 9.59 Å². The Morgan fingerprint density at radius 3 is 2.84 bits per heavy atom. The molecule has 0 spiro atoms. The molecule has 32 heavy (non-hydrogen) atoms. The molecule has 1 N–H and O–H groups in total. The maximum atomic E-state index is 13.4. The smallest absolute Gasteiger partial charge is 0.289 e. The average Bonchev–Trinajstić information content (AvgIpc) is 3.44. The zero-order valence-electron chi connectivity index (χ0n) is 18.8. The van der Waals surface area contributed by atoms with E-state index in [0.717, 1.165) is 36.8 Å². The van der Waals surface area contributed by atoms with Crippen molar-refractivity contribution < 1.29 is 14.1 Å². The van der Waals surface area contributed by atoms with E-state index in [1.165, 1.54) is 12.3 Å². The van der Waals surface area contributed by atoms with Gasteiger partial charge >= 0.3 is 0 Å². The Labute approximate surface area is 187 Å². The van der Waals surface area contributed by atoms with Crippen LogP contribution in [0, 0.1) is 10.8 Å². The second-order valence-corrected chi connectivity index (χ2v) is 10.4. The molecule has 1 saturated heterocycles. The highest BCUT2D eigenvalue weighted by atomic mass is 16.5. The summed E-state index contributed by atoms with van der Waals surface area (Å²) in [6.07, 6.45) is 6.50. The number of likely N-dealkylation sites (tertiary alicyclic amines) is 1. The van der Waals surface area contributed by atoms with Gasteiger partial charge in [0.05, 0.1) is 23.6 Å². The normalized spacial score (nSPS) is 24.1. The van der Waals surface area contributed by atoms with Gasteiger partial charge in [-0.1, -0.05) is 25.9 Å². The second kappa shape index (κ2) is 7.46. The molecule has 168 valence electrons. The van der Waals surface area contributed by atoms with Crippen molar-refractivity contribution in [1.29, 1.82) is 0 Å². The molecule has 2 aliphatic rings. The number of aromatic nitrogens is 3. The van der Waals surface area contributed by atoms with Crippen LogP contribution in [-0.4, -0.2) is 50.6 Å². The lowest BCUT2D eigenvalue weighted by atomic mass is 9.65. The average molecular weight is 436 g/mol. The Balaban J connectivity index is 1.28. The molecule has 1 aliphatic heterocycles. The number of nitrogens with one attached hydrogen (secondary N) is 1. The van der Waals surface area contributed by atoms with Crippen LogP contribution in [0.3, 0.4) is 0 Å². The highest BCUT2D eigenvalue weighted by Crippen LogP contribution is 2.52. The van der Waals surface area contributed by atoms with Crippen LogP contribution < -0.4 is 5.32 Å². The number of imidazole rings is 1. The molecule has 2 amide bonds. The number of nitrogens with zero attached hydrogens (tertiary/aromatic N) is 4. The first-order valence-corrected chi connectivity index (χ1v) is 11.2. The first-order chi connectivity index (χ1) is 15.2. The number of carbonyl (C=O) groups is 2. The Kier molecular flexibility index (Phi) is 4.83. The minimum Gasteiger partial charge on any atom is -0.351 e. The van der Waals surface area contributed by atoms with E-state index in [2.05, 4.69) is 41.1 Å². The van der Waals surface area contributed by atoms with Crippen LogP contribution in [0.1, 0.15) is 60.9 Å². The van der Waals surface area contributed by atoms with Crippen molar-refractivity contribution in [2.24, 2.45) is 10.8 Å². The molecule has 8 nitrogen and oxygen atoms in total. The molecule has 1 saturated carbocycles. The molecule has 2 atom stereocenters. The molecule has 5 rings (SSSR count). The summed E-state index contributed by atoms with van der Waals surface area (Å²) in [6.45, 7) is 8.77. The fourth-order valence-electron chi connectivity index (χ4n) is 5.95. The molecule has 1 aliphatic carbocycles. The summed E-state index contributed by atoms with van der Waals surface area (Å²) < 4.78 is 6.83. The summed E-state index contributed by atoms with van der Waals surface area (Å²) in [4.78, 5) is 31.9. The Morgan fingerprint density at radius 2 is 2.06 bits per heavy atom. The van der Waals surface area contributed by atoms with Gasteiger partial charge in [-0.25, -0.2) is 4.98 Å². The lowest BCUT2D eigenvalue weighted by Gasteiger charge is -2.39. The zero-order valence-corrected chi connectivity index (χ0v) is 18.8. The first-order valence-electron chi connectivity index (χ1n) is 11.2. The topological polar surface area (TPSA) is 93.3 Å². The third-order valence-corrected chi connectivity index (χ3v) is 6.84. The van der Waals surface area contributed by atoms with E-state index in [1.54, 1.807) is 6.33 Å². The van der Waals surface area contributed by atoms with Crippen molar-refractivity contribution in [2.45, 2.75) is 52.6 Å². The quantitative estimate of drug-likeness (QED) is 0.662. The third kappa shape index (κ3) is 3.78. The molecule has 8 heteroatoms. The summed E-state index contributed by atoms with van der Waals surface area (Å²) in [5.74, 6) is -0.00740. The lowest BCUT2D eigenvalue weighted by Crippen LogP contribution is -2.37. The number of benzene rings is 1. The van der Waals surface area contributed by atoms with E-state index in [0.29, 0.717) is 24.7 Å². The zero-order chi connectivity index (χ0) is 22.5. The van der Waals surface area contributed by atoms with Crippen LogP contribution in [0.5, 0.6) is 0 Å². The van der Waals surface area contributed by atoms with Gasteiger partial charge in [0.2, 0.25) is 5.76 Å². The lowest BCUT2D eigenvalue weighted by molar-refractivity contribution is 0.0708. The number of rotatable bonds is 5. The monoisotopic (exact) mass is 435 g/mol. The van der Waals surface area contributed by atoms with Crippen LogP contribution in [-0.2, 0) is 6.54 Å². The SMILES string of the molecule is CC1(C)CC2CC(C)(CN2C(=O)c2ccc3c(c2)ncn3CCNC(=O)c2ccno2)C1. The Morgan fingerprint density at radius 1 is 1.22 bits per heavy atom. The van der Waals surface area contributed by atoms with Gasteiger partial charge in [-0.15, -0.1) is 0 Å². The molecule has 2 fully saturated rings. The maximum absolute atomic E-state index is 13.4. The first kappa shape index (κ1) is 20.7. The fourth-order valence-corrected chi connectivity index (χ4v) is 5.95. The minimum absolute atomic E-state index is 0.104. The van der Waals surface area contributed by atoms with Gasteiger partial charge in [0.25, 0.3) is 11.8 Å². The van der Waals surface area contributed by atoms with Gasteiger partial charge in [0.15, 0.2) is 0 Å². The van der Waals surface area contributed by atoms with E-state index >= 15 is 0 Å². The Hall–Kier alpha value is -3.16. The fraction of sp³-hybridized carbons (Fsp3) is 0.500. The van der Waals surface area contributed by atoms with E-state index < -0.39 is 0 Å². The predicted octanol–water partition coefficient (Wildman–Crippen LogP) is 3.50. The summed E-state index contributed by atoms with van der Waals surface area (Å²) >= 11 is 0. The van der Waals surface area contributed by atoms with Crippen LogP contribution >= 0.6 is 0 Å². The van der Waals surface area contributed by atoms with Crippen LogP contribution in [0.15, 0.2) is 41.3 Å². The van der Waals surface area contributed by atoms with Crippen molar-refractivity contribution in [3.05, 3.63) is 48.1 Å². The third-order valence-electron chi connectivity index (χ3n) is 6.84. The van der Waals surface area contributed by atoms with E-state index in [-0.39, 0.29) is 28.4 Å². The van der Waals surface area contributed by atoms with E-state index in [9.17, 15) is 9.59 Å². The second-order valence-electron chi connectivity index (χ2n) is 10.4. The van der Waals surface area contributed by atoms with Crippen LogP contribution in [0.25, 0.3) is 11.0 Å². The molecule has 2 bridgehead atoms. The van der Waals surface area contributed by atoms with Gasteiger partial charge in [-0.2, -0.15) is 0 Å². The van der Waals surface area contributed by atoms with Crippen molar-refractivity contribution in [1.82, 2.24) is 24.9 Å². The highest BCUT2D eigenvalue weighted by molar-refractivity contribution is 5.98. The summed E-state index contributed by atoms with van der Waals surface area (Å²) in [7, 11) is 0. The highest BCUT2D eigenvalue weighted by Gasteiger charge is 2.51. The van der Waals surface area contributed by atoms with Crippen molar-refractivity contribution in [2.75, 3.05) is 13.1 Å². The number of hydrogen-bond donors (Lipinski definition) is 1. The molecule has 0 radical (unpaired) electrons. The van der Waals surface area contributed by atoms with Gasteiger partial charge in [0, 0.05) is 37.3 Å². The van der Waals surface area contributed by atoms with Crippen LogP contribution in [0.2, 0.25) is 0 Å². The molecule has 1 aromatic carbocycles. The molecule has 2 aromatic heterocycles. The van der Waals surface area contributed by atoms with E-state index in [1.807, 2.05) is 22.8 Å².